The smallest absolute Gasteiger partial charge is 0.220 e. The van der Waals surface area contributed by atoms with Gasteiger partial charge in [-0.05, 0) is 50.0 Å². The van der Waals surface area contributed by atoms with Crippen molar-refractivity contribution in [3.05, 3.63) is 35.9 Å². The highest BCUT2D eigenvalue weighted by molar-refractivity contribution is 5.75. The lowest BCUT2D eigenvalue weighted by molar-refractivity contribution is -0.121. The Morgan fingerprint density at radius 3 is 2.55 bits per heavy atom. The topological polar surface area (TPSA) is 55.1 Å². The minimum Gasteiger partial charge on any atom is -0.356 e. The van der Waals surface area contributed by atoms with Gasteiger partial charge in [0, 0.05) is 19.0 Å². The van der Waals surface area contributed by atoms with Gasteiger partial charge in [-0.25, -0.2) is 0 Å². The van der Waals surface area contributed by atoms with Crippen molar-refractivity contribution < 1.29 is 4.79 Å². The van der Waals surface area contributed by atoms with E-state index in [1.54, 1.807) is 0 Å². The first-order valence-electron chi connectivity index (χ1n) is 7.80. The van der Waals surface area contributed by atoms with Gasteiger partial charge < -0.3 is 11.1 Å². The summed E-state index contributed by atoms with van der Waals surface area (Å²) in [6.07, 6.45) is 7.05. The van der Waals surface area contributed by atoms with Gasteiger partial charge >= 0.3 is 0 Å². The van der Waals surface area contributed by atoms with E-state index in [-0.39, 0.29) is 5.91 Å². The number of carbonyl (C=O) groups excluding carboxylic acids is 1. The van der Waals surface area contributed by atoms with Crippen molar-refractivity contribution in [3.8, 4) is 0 Å². The molecule has 110 valence electrons. The fourth-order valence-electron chi connectivity index (χ4n) is 2.84. The van der Waals surface area contributed by atoms with E-state index in [4.69, 9.17) is 5.73 Å². The van der Waals surface area contributed by atoms with Gasteiger partial charge in [0.15, 0.2) is 0 Å². The zero-order valence-corrected chi connectivity index (χ0v) is 12.2. The second kappa shape index (κ2) is 8.05. The summed E-state index contributed by atoms with van der Waals surface area (Å²) in [5.74, 6) is 0.823. The lowest BCUT2D eigenvalue weighted by Gasteiger charge is -2.26. The van der Waals surface area contributed by atoms with Gasteiger partial charge in [-0.15, -0.1) is 0 Å². The SMILES string of the molecule is NC1CCC(CNC(=O)CCCc2ccccc2)CC1. The Hall–Kier alpha value is -1.35. The molecule has 0 unspecified atom stereocenters. The molecule has 0 saturated heterocycles. The fraction of sp³-hybridized carbons (Fsp3) is 0.588. The Bertz CT molecular complexity index is 397. The minimum atomic E-state index is 0.191. The van der Waals surface area contributed by atoms with E-state index in [0.717, 1.165) is 45.1 Å². The molecule has 2 rings (SSSR count). The standard InChI is InChI=1S/C17H26N2O/c18-16-11-9-15(10-12-16)13-19-17(20)8-4-7-14-5-2-1-3-6-14/h1-3,5-6,15-16H,4,7-13,18H2,(H,19,20). The number of carbonyl (C=O) groups is 1. The monoisotopic (exact) mass is 274 g/mol. The predicted molar refractivity (Wildman–Crippen MR) is 82.3 cm³/mol. The maximum absolute atomic E-state index is 11.8. The van der Waals surface area contributed by atoms with Crippen molar-refractivity contribution in [2.24, 2.45) is 11.7 Å². The molecule has 3 N–H and O–H groups in total. The van der Waals surface area contributed by atoms with Crippen molar-refractivity contribution >= 4 is 5.91 Å². The second-order valence-electron chi connectivity index (χ2n) is 5.92. The van der Waals surface area contributed by atoms with E-state index in [1.165, 1.54) is 5.56 Å². The number of aryl methyl sites for hydroxylation is 1. The fourth-order valence-corrected chi connectivity index (χ4v) is 2.84. The largest absolute Gasteiger partial charge is 0.356 e. The van der Waals surface area contributed by atoms with Crippen LogP contribution in [0.2, 0.25) is 0 Å². The molecule has 1 amide bonds. The molecule has 20 heavy (non-hydrogen) atoms. The average Bonchev–Trinajstić information content (AvgIpc) is 2.48. The van der Waals surface area contributed by atoms with Crippen molar-refractivity contribution in [3.63, 3.8) is 0 Å². The molecule has 0 aromatic heterocycles. The number of hydrogen-bond donors (Lipinski definition) is 2. The number of nitrogens with two attached hydrogens (primary N) is 1. The van der Waals surface area contributed by atoms with Crippen LogP contribution in [-0.2, 0) is 11.2 Å². The highest BCUT2D eigenvalue weighted by Crippen LogP contribution is 2.22. The normalized spacial score (nSPS) is 22.4. The Labute approximate surface area is 121 Å². The number of amides is 1. The van der Waals surface area contributed by atoms with Crippen LogP contribution in [-0.4, -0.2) is 18.5 Å². The molecule has 0 bridgehead atoms. The van der Waals surface area contributed by atoms with E-state index in [1.807, 2.05) is 18.2 Å². The van der Waals surface area contributed by atoms with Gasteiger partial charge in [0.05, 0.1) is 0 Å². The summed E-state index contributed by atoms with van der Waals surface area (Å²) in [7, 11) is 0. The lowest BCUT2D eigenvalue weighted by Crippen LogP contribution is -2.34. The maximum atomic E-state index is 11.8. The van der Waals surface area contributed by atoms with E-state index in [9.17, 15) is 4.79 Å². The van der Waals surface area contributed by atoms with Crippen LogP contribution in [0.3, 0.4) is 0 Å². The molecule has 0 radical (unpaired) electrons. The molecule has 1 aromatic carbocycles. The van der Waals surface area contributed by atoms with Crippen LogP contribution in [0, 0.1) is 5.92 Å². The summed E-state index contributed by atoms with van der Waals surface area (Å²) in [6.45, 7) is 0.830. The summed E-state index contributed by atoms with van der Waals surface area (Å²) in [5, 5.41) is 3.07. The Kier molecular flexibility index (Phi) is 6.06. The van der Waals surface area contributed by atoms with E-state index >= 15 is 0 Å². The molecular weight excluding hydrogens is 248 g/mol. The molecule has 1 saturated carbocycles. The zero-order chi connectivity index (χ0) is 14.2. The molecule has 1 aliphatic rings. The molecule has 0 spiro atoms. The van der Waals surface area contributed by atoms with Crippen molar-refractivity contribution in [1.29, 1.82) is 0 Å². The molecule has 3 heteroatoms. The van der Waals surface area contributed by atoms with E-state index in [2.05, 4.69) is 17.4 Å². The molecule has 0 heterocycles. The van der Waals surface area contributed by atoms with E-state index in [0.29, 0.717) is 18.4 Å². The highest BCUT2D eigenvalue weighted by Gasteiger charge is 2.18. The molecular formula is C17H26N2O. The summed E-state index contributed by atoms with van der Waals surface area (Å²) in [4.78, 5) is 11.8. The third-order valence-corrected chi connectivity index (χ3v) is 4.19. The van der Waals surface area contributed by atoms with Crippen LogP contribution in [0.25, 0.3) is 0 Å². The summed E-state index contributed by atoms with van der Waals surface area (Å²) < 4.78 is 0. The van der Waals surface area contributed by atoms with E-state index < -0.39 is 0 Å². The van der Waals surface area contributed by atoms with Crippen molar-refractivity contribution in [2.75, 3.05) is 6.54 Å². The van der Waals surface area contributed by atoms with Gasteiger partial charge in [-0.3, -0.25) is 4.79 Å². The van der Waals surface area contributed by atoms with Crippen LogP contribution in [0.1, 0.15) is 44.1 Å². The van der Waals surface area contributed by atoms with Gasteiger partial charge in [-0.1, -0.05) is 30.3 Å². The summed E-state index contributed by atoms with van der Waals surface area (Å²) in [5.41, 5.74) is 7.19. The van der Waals surface area contributed by atoms with Crippen LogP contribution in [0.15, 0.2) is 30.3 Å². The second-order valence-corrected chi connectivity index (χ2v) is 5.92. The van der Waals surface area contributed by atoms with Crippen LogP contribution in [0.5, 0.6) is 0 Å². The molecule has 3 nitrogen and oxygen atoms in total. The maximum Gasteiger partial charge on any atom is 0.220 e. The third kappa shape index (κ3) is 5.33. The summed E-state index contributed by atoms with van der Waals surface area (Å²) in [6, 6.07) is 10.7. The van der Waals surface area contributed by atoms with Gasteiger partial charge in [0.2, 0.25) is 5.91 Å². The number of benzene rings is 1. The summed E-state index contributed by atoms with van der Waals surface area (Å²) >= 11 is 0. The van der Waals surface area contributed by atoms with Crippen molar-refractivity contribution in [1.82, 2.24) is 5.32 Å². The lowest BCUT2D eigenvalue weighted by atomic mass is 9.86. The highest BCUT2D eigenvalue weighted by atomic mass is 16.1. The molecule has 1 aliphatic carbocycles. The van der Waals surface area contributed by atoms with Crippen molar-refractivity contribution in [2.45, 2.75) is 51.0 Å². The molecule has 0 aliphatic heterocycles. The van der Waals surface area contributed by atoms with Gasteiger partial charge in [0.25, 0.3) is 0 Å². The Balaban J connectivity index is 1.56. The Morgan fingerprint density at radius 1 is 1.15 bits per heavy atom. The zero-order valence-electron chi connectivity index (χ0n) is 12.2. The first-order valence-corrected chi connectivity index (χ1v) is 7.80. The van der Waals surface area contributed by atoms with Gasteiger partial charge in [-0.2, -0.15) is 0 Å². The minimum absolute atomic E-state index is 0.191. The molecule has 1 fully saturated rings. The van der Waals surface area contributed by atoms with Crippen LogP contribution < -0.4 is 11.1 Å². The third-order valence-electron chi connectivity index (χ3n) is 4.19. The first-order chi connectivity index (χ1) is 9.74. The van der Waals surface area contributed by atoms with Gasteiger partial charge in [0.1, 0.15) is 0 Å². The predicted octanol–water partition coefficient (Wildman–Crippen LogP) is 2.64. The van der Waals surface area contributed by atoms with Crippen LogP contribution >= 0.6 is 0 Å². The number of nitrogens with one attached hydrogen (secondary N) is 1. The quantitative estimate of drug-likeness (QED) is 0.838. The Morgan fingerprint density at radius 2 is 1.85 bits per heavy atom. The molecule has 1 aromatic rings. The van der Waals surface area contributed by atoms with Crippen LogP contribution in [0.4, 0.5) is 0 Å². The number of hydrogen-bond acceptors (Lipinski definition) is 2. The number of rotatable bonds is 6. The first kappa shape index (κ1) is 15.0. The average molecular weight is 274 g/mol. The molecule has 0 atom stereocenters.